The normalized spacial score (nSPS) is 11.4. The van der Waals surface area contributed by atoms with Crippen LogP contribution in [0.5, 0.6) is 0 Å². The monoisotopic (exact) mass is 394 g/mol. The lowest BCUT2D eigenvalue weighted by molar-refractivity contribution is -0.115. The van der Waals surface area contributed by atoms with E-state index in [1.54, 1.807) is 12.1 Å². The van der Waals surface area contributed by atoms with Gasteiger partial charge in [-0.25, -0.2) is 8.42 Å². The molecule has 0 saturated carbocycles. The molecule has 28 heavy (non-hydrogen) atoms. The van der Waals surface area contributed by atoms with Gasteiger partial charge >= 0.3 is 0 Å². The molecule has 0 atom stereocenters. The Balaban J connectivity index is 1.71. The molecule has 0 aliphatic carbocycles. The summed E-state index contributed by atoms with van der Waals surface area (Å²) in [6, 6.07) is 25.9. The van der Waals surface area contributed by atoms with Crippen LogP contribution in [-0.2, 0) is 14.6 Å². The lowest BCUT2D eigenvalue weighted by Gasteiger charge is -2.19. The molecule has 0 saturated heterocycles. The highest BCUT2D eigenvalue weighted by molar-refractivity contribution is 7.90. The minimum atomic E-state index is -3.33. The van der Waals surface area contributed by atoms with Crippen LogP contribution in [0.2, 0.25) is 0 Å². The number of hydrogen-bond acceptors (Lipinski definition) is 4. The average molecular weight is 394 g/mol. The Labute approximate surface area is 165 Å². The summed E-state index contributed by atoms with van der Waals surface area (Å²) in [6.45, 7) is 0.0809. The van der Waals surface area contributed by atoms with E-state index in [2.05, 4.69) is 10.6 Å². The standard InChI is InChI=1S/C22H22N2O3S/c1-28(26,27)20-14-8-13-19(15-20)24-21(25)16-23-22(17-9-4-2-5-10-17)18-11-6-3-7-12-18/h2-15,22-23H,16H2,1H3,(H,24,25). The minimum Gasteiger partial charge on any atom is -0.325 e. The SMILES string of the molecule is CS(=O)(=O)c1cccc(NC(=O)CNC(c2ccccc2)c2ccccc2)c1. The highest BCUT2D eigenvalue weighted by atomic mass is 32.2. The highest BCUT2D eigenvalue weighted by Gasteiger charge is 2.15. The summed E-state index contributed by atoms with van der Waals surface area (Å²) in [7, 11) is -3.33. The third-order valence-electron chi connectivity index (χ3n) is 4.28. The van der Waals surface area contributed by atoms with Crippen molar-refractivity contribution in [3.63, 3.8) is 0 Å². The second-order valence-electron chi connectivity index (χ2n) is 6.48. The van der Waals surface area contributed by atoms with Crippen molar-refractivity contribution in [2.75, 3.05) is 18.1 Å². The van der Waals surface area contributed by atoms with Crippen LogP contribution in [0.4, 0.5) is 5.69 Å². The van der Waals surface area contributed by atoms with Gasteiger partial charge < -0.3 is 5.32 Å². The molecule has 3 aromatic carbocycles. The maximum absolute atomic E-state index is 12.4. The van der Waals surface area contributed by atoms with Crippen LogP contribution in [0.1, 0.15) is 17.2 Å². The van der Waals surface area contributed by atoms with Gasteiger partial charge in [-0.1, -0.05) is 66.7 Å². The number of benzene rings is 3. The molecule has 0 fully saturated rings. The first-order valence-electron chi connectivity index (χ1n) is 8.87. The number of hydrogen-bond donors (Lipinski definition) is 2. The molecule has 0 heterocycles. The van der Waals surface area contributed by atoms with Gasteiger partial charge in [0.25, 0.3) is 0 Å². The van der Waals surface area contributed by atoms with Crippen LogP contribution in [0.25, 0.3) is 0 Å². The molecular formula is C22H22N2O3S. The number of anilines is 1. The summed E-state index contributed by atoms with van der Waals surface area (Å²) in [4.78, 5) is 12.6. The molecule has 5 nitrogen and oxygen atoms in total. The third-order valence-corrected chi connectivity index (χ3v) is 5.39. The van der Waals surface area contributed by atoms with E-state index in [1.807, 2.05) is 60.7 Å². The molecule has 0 aromatic heterocycles. The van der Waals surface area contributed by atoms with Crippen LogP contribution >= 0.6 is 0 Å². The predicted octanol–water partition coefficient (Wildman–Crippen LogP) is 3.41. The molecule has 0 radical (unpaired) electrons. The van der Waals surface area contributed by atoms with Gasteiger partial charge in [-0.2, -0.15) is 0 Å². The van der Waals surface area contributed by atoms with Gasteiger partial charge in [0.05, 0.1) is 17.5 Å². The van der Waals surface area contributed by atoms with Crippen molar-refractivity contribution in [2.45, 2.75) is 10.9 Å². The van der Waals surface area contributed by atoms with Gasteiger partial charge in [-0.15, -0.1) is 0 Å². The Morgan fingerprint density at radius 3 is 1.96 bits per heavy atom. The fourth-order valence-electron chi connectivity index (χ4n) is 2.92. The maximum atomic E-state index is 12.4. The molecular weight excluding hydrogens is 372 g/mol. The van der Waals surface area contributed by atoms with E-state index in [1.165, 1.54) is 12.1 Å². The number of carbonyl (C=O) groups is 1. The lowest BCUT2D eigenvalue weighted by atomic mass is 9.99. The fraction of sp³-hybridized carbons (Fsp3) is 0.136. The summed E-state index contributed by atoms with van der Waals surface area (Å²) >= 11 is 0. The number of nitrogens with one attached hydrogen (secondary N) is 2. The average Bonchev–Trinajstić information content (AvgIpc) is 2.69. The van der Waals surface area contributed by atoms with Crippen LogP contribution in [0.15, 0.2) is 89.8 Å². The smallest absolute Gasteiger partial charge is 0.238 e. The van der Waals surface area contributed by atoms with Crippen LogP contribution in [0, 0.1) is 0 Å². The molecule has 0 bridgehead atoms. The van der Waals surface area contributed by atoms with E-state index in [-0.39, 0.29) is 23.4 Å². The molecule has 0 unspecified atom stereocenters. The Hall–Kier alpha value is -2.96. The largest absolute Gasteiger partial charge is 0.325 e. The Morgan fingerprint density at radius 2 is 1.43 bits per heavy atom. The van der Waals surface area contributed by atoms with Crippen molar-refractivity contribution < 1.29 is 13.2 Å². The number of carbonyl (C=O) groups excluding carboxylic acids is 1. The first kappa shape index (κ1) is 19.8. The summed E-state index contributed by atoms with van der Waals surface area (Å²) in [6.07, 6.45) is 1.14. The summed E-state index contributed by atoms with van der Waals surface area (Å²) in [5, 5.41) is 6.03. The van der Waals surface area contributed by atoms with Gasteiger partial charge in [0.2, 0.25) is 5.91 Å². The van der Waals surface area contributed by atoms with E-state index in [9.17, 15) is 13.2 Å². The highest BCUT2D eigenvalue weighted by Crippen LogP contribution is 2.21. The minimum absolute atomic E-state index is 0.0809. The molecule has 0 spiro atoms. The molecule has 0 aliphatic heterocycles. The van der Waals surface area contributed by atoms with Gasteiger partial charge in [0, 0.05) is 11.9 Å². The van der Waals surface area contributed by atoms with Crippen molar-refractivity contribution in [1.82, 2.24) is 5.32 Å². The Morgan fingerprint density at radius 1 is 0.857 bits per heavy atom. The number of sulfone groups is 1. The summed E-state index contributed by atoms with van der Waals surface area (Å²) in [5.41, 5.74) is 2.56. The zero-order chi connectivity index (χ0) is 20.0. The predicted molar refractivity (Wildman–Crippen MR) is 111 cm³/mol. The zero-order valence-electron chi connectivity index (χ0n) is 15.5. The Kier molecular flexibility index (Phi) is 6.23. The van der Waals surface area contributed by atoms with Crippen LogP contribution < -0.4 is 10.6 Å². The fourth-order valence-corrected chi connectivity index (χ4v) is 3.59. The first-order chi connectivity index (χ1) is 13.4. The zero-order valence-corrected chi connectivity index (χ0v) is 16.3. The molecule has 3 rings (SSSR count). The van der Waals surface area contributed by atoms with E-state index in [0.29, 0.717) is 5.69 Å². The van der Waals surface area contributed by atoms with Crippen molar-refractivity contribution in [3.05, 3.63) is 96.1 Å². The molecule has 6 heteroatoms. The molecule has 1 amide bonds. The quantitative estimate of drug-likeness (QED) is 0.644. The number of amides is 1. The van der Waals surface area contributed by atoms with Gasteiger partial charge in [-0.05, 0) is 29.3 Å². The topological polar surface area (TPSA) is 75.3 Å². The van der Waals surface area contributed by atoms with Crippen molar-refractivity contribution >= 4 is 21.4 Å². The van der Waals surface area contributed by atoms with E-state index >= 15 is 0 Å². The second-order valence-corrected chi connectivity index (χ2v) is 8.50. The number of rotatable bonds is 7. The second kappa shape index (κ2) is 8.82. The van der Waals surface area contributed by atoms with Crippen molar-refractivity contribution in [3.8, 4) is 0 Å². The van der Waals surface area contributed by atoms with Crippen LogP contribution in [-0.4, -0.2) is 27.1 Å². The van der Waals surface area contributed by atoms with Crippen molar-refractivity contribution in [2.24, 2.45) is 0 Å². The molecule has 144 valence electrons. The molecule has 3 aromatic rings. The van der Waals surface area contributed by atoms with Crippen LogP contribution in [0.3, 0.4) is 0 Å². The first-order valence-corrected chi connectivity index (χ1v) is 10.8. The van der Waals surface area contributed by atoms with E-state index in [0.717, 1.165) is 17.4 Å². The Bertz CT molecular complexity index is 996. The lowest BCUT2D eigenvalue weighted by Crippen LogP contribution is -2.31. The van der Waals surface area contributed by atoms with Gasteiger partial charge in [0.15, 0.2) is 9.84 Å². The van der Waals surface area contributed by atoms with Gasteiger partial charge in [-0.3, -0.25) is 10.1 Å². The summed E-state index contributed by atoms with van der Waals surface area (Å²) in [5.74, 6) is -0.248. The van der Waals surface area contributed by atoms with E-state index < -0.39 is 9.84 Å². The summed E-state index contributed by atoms with van der Waals surface area (Å²) < 4.78 is 23.3. The van der Waals surface area contributed by atoms with Gasteiger partial charge in [0.1, 0.15) is 0 Å². The molecule has 2 N–H and O–H groups in total. The third kappa shape index (κ3) is 5.28. The van der Waals surface area contributed by atoms with E-state index in [4.69, 9.17) is 0 Å². The van der Waals surface area contributed by atoms with Crippen molar-refractivity contribution in [1.29, 1.82) is 0 Å². The maximum Gasteiger partial charge on any atom is 0.238 e. The molecule has 0 aliphatic rings.